The average Bonchev–Trinajstić information content (AvgIpc) is 2.42. The van der Waals surface area contributed by atoms with Crippen LogP contribution in [-0.4, -0.2) is 33.1 Å². The molecule has 0 aliphatic rings. The molecule has 0 saturated heterocycles. The molecule has 0 fully saturated rings. The van der Waals surface area contributed by atoms with Gasteiger partial charge in [-0.1, -0.05) is 0 Å². The number of benzene rings is 1. The monoisotopic (exact) mass is 258 g/mol. The van der Waals surface area contributed by atoms with E-state index in [1.807, 2.05) is 12.1 Å². The summed E-state index contributed by atoms with van der Waals surface area (Å²) in [7, 11) is 1.67. The van der Waals surface area contributed by atoms with Gasteiger partial charge in [-0.15, -0.1) is 0 Å². The molecule has 0 saturated carbocycles. The van der Waals surface area contributed by atoms with Gasteiger partial charge < -0.3 is 15.1 Å². The van der Waals surface area contributed by atoms with Crippen LogP contribution in [0.2, 0.25) is 0 Å². The van der Waals surface area contributed by atoms with Gasteiger partial charge in [-0.25, -0.2) is 0 Å². The molecule has 0 atom stereocenters. The van der Waals surface area contributed by atoms with Gasteiger partial charge >= 0.3 is 0 Å². The number of aromatic hydroxyl groups is 2. The van der Waals surface area contributed by atoms with Gasteiger partial charge in [-0.3, -0.25) is 9.78 Å². The fourth-order valence-corrected chi connectivity index (χ4v) is 1.71. The molecular formula is C14H14N2O3. The molecule has 19 heavy (non-hydrogen) atoms. The van der Waals surface area contributed by atoms with E-state index in [2.05, 4.69) is 4.98 Å². The number of pyridine rings is 1. The van der Waals surface area contributed by atoms with Crippen LogP contribution in [0, 0.1) is 0 Å². The Labute approximate surface area is 110 Å². The highest BCUT2D eigenvalue weighted by molar-refractivity contribution is 5.94. The number of phenols is 2. The first-order chi connectivity index (χ1) is 9.08. The molecule has 0 spiro atoms. The minimum atomic E-state index is -0.303. The van der Waals surface area contributed by atoms with Crippen molar-refractivity contribution in [2.75, 3.05) is 7.05 Å². The lowest BCUT2D eigenvalue weighted by Crippen LogP contribution is -2.26. The first-order valence-corrected chi connectivity index (χ1v) is 5.74. The van der Waals surface area contributed by atoms with Crippen LogP contribution in [0.4, 0.5) is 0 Å². The summed E-state index contributed by atoms with van der Waals surface area (Å²) in [6, 6.07) is 7.68. The Hall–Kier alpha value is -2.56. The SMILES string of the molecule is CN(Cc1ccncc1)C(=O)c1ccc(O)c(O)c1. The molecular weight excluding hydrogens is 244 g/mol. The molecule has 5 heteroatoms. The Morgan fingerprint density at radius 3 is 2.47 bits per heavy atom. The van der Waals surface area contributed by atoms with E-state index in [0.717, 1.165) is 5.56 Å². The Balaban J connectivity index is 2.12. The summed E-state index contributed by atoms with van der Waals surface area (Å²) in [6.07, 6.45) is 3.33. The highest BCUT2D eigenvalue weighted by Crippen LogP contribution is 2.25. The molecule has 1 aromatic heterocycles. The van der Waals surface area contributed by atoms with Gasteiger partial charge in [0.05, 0.1) is 0 Å². The maximum absolute atomic E-state index is 12.1. The summed E-state index contributed by atoms with van der Waals surface area (Å²) in [6.45, 7) is 0.447. The molecule has 0 aliphatic carbocycles. The van der Waals surface area contributed by atoms with Crippen LogP contribution in [0.15, 0.2) is 42.7 Å². The highest BCUT2D eigenvalue weighted by Gasteiger charge is 2.13. The van der Waals surface area contributed by atoms with Crippen molar-refractivity contribution < 1.29 is 15.0 Å². The summed E-state index contributed by atoms with van der Waals surface area (Å²) in [5, 5.41) is 18.6. The van der Waals surface area contributed by atoms with Crippen LogP contribution in [0.25, 0.3) is 0 Å². The molecule has 0 radical (unpaired) electrons. The number of carbonyl (C=O) groups excluding carboxylic acids is 1. The van der Waals surface area contributed by atoms with Crippen molar-refractivity contribution in [1.82, 2.24) is 9.88 Å². The lowest BCUT2D eigenvalue weighted by atomic mass is 10.1. The molecule has 1 aromatic carbocycles. The van der Waals surface area contributed by atoms with Crippen LogP contribution in [0.1, 0.15) is 15.9 Å². The first-order valence-electron chi connectivity index (χ1n) is 5.74. The summed E-state index contributed by atoms with van der Waals surface area (Å²) in [5.41, 5.74) is 1.29. The lowest BCUT2D eigenvalue weighted by molar-refractivity contribution is 0.0784. The predicted octanol–water partition coefficient (Wildman–Crippen LogP) is 1.77. The van der Waals surface area contributed by atoms with E-state index in [0.29, 0.717) is 12.1 Å². The molecule has 2 rings (SSSR count). The zero-order valence-corrected chi connectivity index (χ0v) is 10.4. The zero-order valence-electron chi connectivity index (χ0n) is 10.4. The highest BCUT2D eigenvalue weighted by atomic mass is 16.3. The average molecular weight is 258 g/mol. The second kappa shape index (κ2) is 5.39. The van der Waals surface area contributed by atoms with Crippen LogP contribution >= 0.6 is 0 Å². The van der Waals surface area contributed by atoms with Crippen LogP contribution in [0.5, 0.6) is 11.5 Å². The Kier molecular flexibility index (Phi) is 3.66. The number of phenolic OH excluding ortho intramolecular Hbond substituents is 2. The largest absolute Gasteiger partial charge is 0.504 e. The van der Waals surface area contributed by atoms with Crippen molar-refractivity contribution in [3.05, 3.63) is 53.9 Å². The number of rotatable bonds is 3. The van der Waals surface area contributed by atoms with E-state index in [-0.39, 0.29) is 17.4 Å². The molecule has 5 nitrogen and oxygen atoms in total. The van der Waals surface area contributed by atoms with Crippen molar-refractivity contribution in [1.29, 1.82) is 0 Å². The Morgan fingerprint density at radius 1 is 1.16 bits per heavy atom. The van der Waals surface area contributed by atoms with Gasteiger partial charge in [-0.2, -0.15) is 0 Å². The Morgan fingerprint density at radius 2 is 1.84 bits per heavy atom. The normalized spacial score (nSPS) is 10.2. The third-order valence-electron chi connectivity index (χ3n) is 2.74. The van der Waals surface area contributed by atoms with Gasteiger partial charge in [0.15, 0.2) is 11.5 Å². The van der Waals surface area contributed by atoms with Crippen molar-refractivity contribution in [3.8, 4) is 11.5 Å². The van der Waals surface area contributed by atoms with Gasteiger partial charge in [0.25, 0.3) is 5.91 Å². The number of hydrogen-bond acceptors (Lipinski definition) is 4. The predicted molar refractivity (Wildman–Crippen MR) is 69.8 cm³/mol. The van der Waals surface area contributed by atoms with Gasteiger partial charge in [0, 0.05) is 31.5 Å². The molecule has 0 aliphatic heterocycles. The number of nitrogens with zero attached hydrogens (tertiary/aromatic N) is 2. The molecule has 0 unspecified atom stereocenters. The summed E-state index contributed by atoms with van der Waals surface area (Å²) < 4.78 is 0. The van der Waals surface area contributed by atoms with Crippen molar-refractivity contribution in [2.45, 2.75) is 6.54 Å². The molecule has 2 N–H and O–H groups in total. The van der Waals surface area contributed by atoms with Gasteiger partial charge in [0.1, 0.15) is 0 Å². The number of carbonyl (C=O) groups is 1. The maximum atomic E-state index is 12.1. The fourth-order valence-electron chi connectivity index (χ4n) is 1.71. The summed E-state index contributed by atoms with van der Waals surface area (Å²) in [5.74, 6) is -0.774. The molecule has 1 heterocycles. The topological polar surface area (TPSA) is 73.7 Å². The number of amides is 1. The minimum absolute atomic E-state index is 0.230. The van der Waals surface area contributed by atoms with Crippen molar-refractivity contribution >= 4 is 5.91 Å². The van der Waals surface area contributed by atoms with Crippen LogP contribution in [-0.2, 0) is 6.54 Å². The zero-order chi connectivity index (χ0) is 13.8. The summed E-state index contributed by atoms with van der Waals surface area (Å²) in [4.78, 5) is 17.6. The summed E-state index contributed by atoms with van der Waals surface area (Å²) >= 11 is 0. The quantitative estimate of drug-likeness (QED) is 0.823. The molecule has 98 valence electrons. The van der Waals surface area contributed by atoms with Crippen LogP contribution < -0.4 is 0 Å². The van der Waals surface area contributed by atoms with E-state index in [9.17, 15) is 15.0 Å². The van der Waals surface area contributed by atoms with Gasteiger partial charge in [0.2, 0.25) is 0 Å². The second-order valence-corrected chi connectivity index (χ2v) is 4.22. The van der Waals surface area contributed by atoms with Crippen LogP contribution in [0.3, 0.4) is 0 Å². The van der Waals surface area contributed by atoms with E-state index in [1.54, 1.807) is 19.4 Å². The third kappa shape index (κ3) is 3.01. The maximum Gasteiger partial charge on any atom is 0.254 e. The van der Waals surface area contributed by atoms with E-state index in [4.69, 9.17) is 0 Å². The number of aromatic nitrogens is 1. The molecule has 1 amide bonds. The Bertz CT molecular complexity index is 584. The van der Waals surface area contributed by atoms with Crippen molar-refractivity contribution in [3.63, 3.8) is 0 Å². The fraction of sp³-hybridized carbons (Fsp3) is 0.143. The molecule has 2 aromatic rings. The van der Waals surface area contributed by atoms with E-state index in [1.165, 1.54) is 23.1 Å². The lowest BCUT2D eigenvalue weighted by Gasteiger charge is -2.17. The molecule has 0 bridgehead atoms. The van der Waals surface area contributed by atoms with Crippen molar-refractivity contribution in [2.24, 2.45) is 0 Å². The van der Waals surface area contributed by atoms with E-state index < -0.39 is 0 Å². The number of hydrogen-bond donors (Lipinski definition) is 2. The smallest absolute Gasteiger partial charge is 0.254 e. The third-order valence-corrected chi connectivity index (χ3v) is 2.74. The van der Waals surface area contributed by atoms with Gasteiger partial charge in [-0.05, 0) is 35.9 Å². The van der Waals surface area contributed by atoms with E-state index >= 15 is 0 Å². The standard InChI is InChI=1S/C14H14N2O3/c1-16(9-10-4-6-15-7-5-10)14(19)11-2-3-12(17)13(18)8-11/h2-8,17-18H,9H2,1H3. The minimum Gasteiger partial charge on any atom is -0.504 e. The first kappa shape index (κ1) is 12.9. The second-order valence-electron chi connectivity index (χ2n) is 4.22.